The molecule has 0 N–H and O–H groups in total. The van der Waals surface area contributed by atoms with Crippen molar-refractivity contribution in [1.29, 1.82) is 5.26 Å². The first-order valence-electron chi connectivity index (χ1n) is 3.54. The fourth-order valence-corrected chi connectivity index (χ4v) is 1.50. The monoisotopic (exact) mass is 210 g/mol. The fraction of sp³-hybridized carbons (Fsp3) is 0.111. The number of thioether (sulfide) groups is 1. The van der Waals surface area contributed by atoms with Gasteiger partial charge in [-0.05, 0) is 18.4 Å². The van der Waals surface area contributed by atoms with E-state index in [1.54, 1.807) is 18.3 Å². The second-order valence-electron chi connectivity index (χ2n) is 2.23. The Kier molecular flexibility index (Phi) is 3.81. The van der Waals surface area contributed by atoms with Crippen LogP contribution < -0.4 is 0 Å². The van der Waals surface area contributed by atoms with E-state index in [4.69, 9.17) is 16.9 Å². The third kappa shape index (κ3) is 2.76. The molecule has 0 saturated heterocycles. The van der Waals surface area contributed by atoms with E-state index in [1.165, 1.54) is 11.8 Å². The maximum absolute atomic E-state index is 8.41. The van der Waals surface area contributed by atoms with Gasteiger partial charge in [0, 0.05) is 10.6 Å². The Labute approximate surface area is 86.2 Å². The van der Waals surface area contributed by atoms with E-state index in [9.17, 15) is 0 Å². The molecule has 1 aromatic rings. The highest BCUT2D eigenvalue weighted by atomic mass is 35.5. The lowest BCUT2D eigenvalue weighted by molar-refractivity contribution is 1.44. The van der Waals surface area contributed by atoms with Gasteiger partial charge < -0.3 is 0 Å². The first-order chi connectivity index (χ1) is 6.27. The van der Waals surface area contributed by atoms with E-state index in [2.05, 4.69) is 4.99 Å². The minimum Gasteiger partial charge on any atom is -0.170 e. The Morgan fingerprint density at radius 3 is 2.54 bits per heavy atom. The van der Waals surface area contributed by atoms with Crippen molar-refractivity contribution < 1.29 is 0 Å². The number of nitrogens with zero attached hydrogens (tertiary/aromatic N) is 2. The molecule has 0 aliphatic rings. The van der Waals surface area contributed by atoms with Crippen LogP contribution in [0.5, 0.6) is 0 Å². The van der Waals surface area contributed by atoms with E-state index < -0.39 is 0 Å². The molecule has 13 heavy (non-hydrogen) atoms. The summed E-state index contributed by atoms with van der Waals surface area (Å²) in [5, 5.41) is 9.80. The summed E-state index contributed by atoms with van der Waals surface area (Å²) in [5.74, 6) is 0. The first-order valence-corrected chi connectivity index (χ1v) is 5.15. The van der Waals surface area contributed by atoms with Crippen LogP contribution in [-0.4, -0.2) is 11.3 Å². The van der Waals surface area contributed by atoms with Crippen LogP contribution in [0.1, 0.15) is 5.56 Å². The van der Waals surface area contributed by atoms with E-state index in [1.807, 2.05) is 18.4 Å². The highest BCUT2D eigenvalue weighted by Crippen LogP contribution is 2.14. The Morgan fingerprint density at radius 1 is 1.46 bits per heavy atom. The predicted octanol–water partition coefficient (Wildman–Crippen LogP) is 2.93. The summed E-state index contributed by atoms with van der Waals surface area (Å²) in [6.07, 6.45) is 3.65. The maximum Gasteiger partial charge on any atom is 0.206 e. The lowest BCUT2D eigenvalue weighted by atomic mass is 10.2. The minimum absolute atomic E-state index is 0.682. The molecule has 0 unspecified atom stereocenters. The number of nitriles is 1. The van der Waals surface area contributed by atoms with Crippen molar-refractivity contribution in [1.82, 2.24) is 0 Å². The summed E-state index contributed by atoms with van der Waals surface area (Å²) >= 11 is 7.16. The Bertz CT molecular complexity index is 351. The Balaban J connectivity index is 3.01. The largest absolute Gasteiger partial charge is 0.206 e. The Morgan fingerprint density at radius 2 is 2.08 bits per heavy atom. The van der Waals surface area contributed by atoms with Gasteiger partial charge in [-0.25, -0.2) is 0 Å². The van der Waals surface area contributed by atoms with Crippen LogP contribution in [0.25, 0.3) is 0 Å². The number of hydrogen-bond donors (Lipinski definition) is 0. The van der Waals surface area contributed by atoms with Gasteiger partial charge in [-0.15, -0.1) is 11.8 Å². The zero-order valence-corrected chi connectivity index (χ0v) is 8.56. The molecule has 0 bridgehead atoms. The number of hydrogen-bond acceptors (Lipinski definition) is 3. The normalized spacial score (nSPS) is 11.0. The Hall–Kier alpha value is -0.980. The van der Waals surface area contributed by atoms with Gasteiger partial charge in [-0.2, -0.15) is 10.3 Å². The molecule has 0 aliphatic heterocycles. The number of aliphatic imine (C=N–C) groups is 1. The molecule has 0 saturated carbocycles. The quantitative estimate of drug-likeness (QED) is 0.406. The van der Waals surface area contributed by atoms with Gasteiger partial charge in [0.15, 0.2) is 0 Å². The van der Waals surface area contributed by atoms with Gasteiger partial charge in [0.05, 0.1) is 0 Å². The van der Waals surface area contributed by atoms with Crippen molar-refractivity contribution >= 4 is 28.4 Å². The molecule has 0 radical (unpaired) electrons. The van der Waals surface area contributed by atoms with Crippen molar-refractivity contribution in [3.8, 4) is 6.19 Å². The van der Waals surface area contributed by atoms with Crippen molar-refractivity contribution in [3.05, 3.63) is 34.9 Å². The minimum atomic E-state index is 0.682. The highest BCUT2D eigenvalue weighted by molar-refractivity contribution is 8.13. The molecule has 1 rings (SSSR count). The summed E-state index contributed by atoms with van der Waals surface area (Å²) < 4.78 is 0. The molecular weight excluding hydrogens is 204 g/mol. The van der Waals surface area contributed by atoms with Crippen molar-refractivity contribution in [3.63, 3.8) is 0 Å². The first kappa shape index (κ1) is 10.1. The molecule has 0 aliphatic carbocycles. The standard InChI is InChI=1S/C9H7ClN2S/c1-13-9(12-6-11)7-2-4-8(10)5-3-7/h2-5H,1H3. The molecule has 0 aromatic heterocycles. The lowest BCUT2D eigenvalue weighted by Crippen LogP contribution is -1.92. The predicted molar refractivity (Wildman–Crippen MR) is 57.1 cm³/mol. The molecular formula is C9H7ClN2S. The number of benzene rings is 1. The molecule has 66 valence electrons. The zero-order valence-electron chi connectivity index (χ0n) is 6.99. The third-order valence-corrected chi connectivity index (χ3v) is 2.40. The van der Waals surface area contributed by atoms with Crippen LogP contribution in [-0.2, 0) is 0 Å². The van der Waals surface area contributed by atoms with Crippen LogP contribution >= 0.6 is 23.4 Å². The molecule has 1 aromatic carbocycles. The van der Waals surface area contributed by atoms with Gasteiger partial charge in [-0.1, -0.05) is 23.7 Å². The molecule has 0 amide bonds. The lowest BCUT2D eigenvalue weighted by Gasteiger charge is -1.99. The molecule has 0 heterocycles. The average molecular weight is 211 g/mol. The van der Waals surface area contributed by atoms with E-state index in [-0.39, 0.29) is 0 Å². The summed E-state index contributed by atoms with van der Waals surface area (Å²) in [5.41, 5.74) is 0.915. The van der Waals surface area contributed by atoms with Crippen LogP contribution in [0.2, 0.25) is 5.02 Å². The molecule has 0 fully saturated rings. The highest BCUT2D eigenvalue weighted by Gasteiger charge is 2.00. The van der Waals surface area contributed by atoms with Gasteiger partial charge in [0.2, 0.25) is 6.19 Å². The van der Waals surface area contributed by atoms with Crippen LogP contribution in [0.4, 0.5) is 0 Å². The number of halogens is 1. The van der Waals surface area contributed by atoms with E-state index in [0.29, 0.717) is 10.1 Å². The smallest absolute Gasteiger partial charge is 0.170 e. The second kappa shape index (κ2) is 4.90. The maximum atomic E-state index is 8.41. The SMILES string of the molecule is CSC(=NC#N)c1ccc(Cl)cc1. The van der Waals surface area contributed by atoms with Crippen molar-refractivity contribution in [2.45, 2.75) is 0 Å². The van der Waals surface area contributed by atoms with Crippen LogP contribution in [0.15, 0.2) is 29.3 Å². The van der Waals surface area contributed by atoms with Gasteiger partial charge in [0.1, 0.15) is 5.04 Å². The fourth-order valence-electron chi connectivity index (χ4n) is 0.866. The van der Waals surface area contributed by atoms with Crippen LogP contribution in [0, 0.1) is 11.5 Å². The molecule has 0 atom stereocenters. The van der Waals surface area contributed by atoms with E-state index in [0.717, 1.165) is 5.56 Å². The average Bonchev–Trinajstić information content (AvgIpc) is 2.16. The van der Waals surface area contributed by atoms with Crippen molar-refractivity contribution in [2.24, 2.45) is 4.99 Å². The molecule has 2 nitrogen and oxygen atoms in total. The van der Waals surface area contributed by atoms with Crippen LogP contribution in [0.3, 0.4) is 0 Å². The molecule has 4 heteroatoms. The third-order valence-electron chi connectivity index (χ3n) is 1.44. The van der Waals surface area contributed by atoms with Gasteiger partial charge in [-0.3, -0.25) is 0 Å². The zero-order chi connectivity index (χ0) is 9.68. The topological polar surface area (TPSA) is 36.1 Å². The van der Waals surface area contributed by atoms with Gasteiger partial charge >= 0.3 is 0 Å². The summed E-state index contributed by atoms with van der Waals surface area (Å²) in [6.45, 7) is 0. The summed E-state index contributed by atoms with van der Waals surface area (Å²) in [6, 6.07) is 7.24. The summed E-state index contributed by atoms with van der Waals surface area (Å²) in [4.78, 5) is 3.68. The number of rotatable bonds is 1. The second-order valence-corrected chi connectivity index (χ2v) is 3.46. The van der Waals surface area contributed by atoms with Gasteiger partial charge in [0.25, 0.3) is 0 Å². The van der Waals surface area contributed by atoms with E-state index >= 15 is 0 Å². The summed E-state index contributed by atoms with van der Waals surface area (Å²) in [7, 11) is 0. The molecule has 0 spiro atoms. The van der Waals surface area contributed by atoms with Crippen molar-refractivity contribution in [2.75, 3.05) is 6.26 Å².